The minimum absolute atomic E-state index is 0. The Bertz CT molecular complexity index is 577. The van der Waals surface area contributed by atoms with E-state index in [-0.39, 0.29) is 17.9 Å². The smallest absolute Gasteiger partial charge is 0.279 e. The minimum atomic E-state index is -3.53. The molecule has 1 aliphatic rings. The fourth-order valence-corrected chi connectivity index (χ4v) is 4.24. The highest BCUT2D eigenvalue weighted by molar-refractivity contribution is 7.87. The van der Waals surface area contributed by atoms with Gasteiger partial charge in [-0.25, -0.2) is 4.72 Å². The predicted molar refractivity (Wildman–Crippen MR) is 98.5 cm³/mol. The number of nitrogens with one attached hydrogen (secondary N) is 2. The minimum Gasteiger partial charge on any atom is -0.383 e. The second-order valence-electron chi connectivity index (χ2n) is 5.98. The first-order valence-electron chi connectivity index (χ1n) is 8.04. The number of rotatable bonds is 9. The third kappa shape index (κ3) is 5.68. The van der Waals surface area contributed by atoms with Crippen LogP contribution in [-0.4, -0.2) is 51.6 Å². The Morgan fingerprint density at radius 1 is 1.33 bits per heavy atom. The van der Waals surface area contributed by atoms with Crippen molar-refractivity contribution in [3.05, 3.63) is 35.9 Å². The standard InChI is InChI=1S/C16H27N3O3S.ClH/c1-3-19(12-15-8-5-4-6-9-15)23(20,21)18-13-16(14-22-2)10-7-11-17-16;/h4-6,8-9,17-18H,3,7,10-14H2,1-2H3;1H. The number of halogens is 1. The van der Waals surface area contributed by atoms with Gasteiger partial charge >= 0.3 is 0 Å². The van der Waals surface area contributed by atoms with Crippen LogP contribution in [0.15, 0.2) is 30.3 Å². The van der Waals surface area contributed by atoms with E-state index in [2.05, 4.69) is 10.0 Å². The van der Waals surface area contributed by atoms with Crippen LogP contribution in [0.5, 0.6) is 0 Å². The quantitative estimate of drug-likeness (QED) is 0.684. The Labute approximate surface area is 151 Å². The van der Waals surface area contributed by atoms with Crippen LogP contribution >= 0.6 is 12.4 Å². The van der Waals surface area contributed by atoms with E-state index in [1.807, 2.05) is 37.3 Å². The summed E-state index contributed by atoms with van der Waals surface area (Å²) in [6.07, 6.45) is 1.95. The Balaban J connectivity index is 0.00000288. The molecule has 0 aromatic heterocycles. The Morgan fingerprint density at radius 2 is 2.04 bits per heavy atom. The van der Waals surface area contributed by atoms with Crippen molar-refractivity contribution in [2.75, 3.05) is 33.4 Å². The molecule has 0 aliphatic carbocycles. The van der Waals surface area contributed by atoms with Crippen LogP contribution in [0.25, 0.3) is 0 Å². The number of nitrogens with zero attached hydrogens (tertiary/aromatic N) is 1. The Kier molecular flexibility index (Phi) is 8.62. The number of methoxy groups -OCH3 is 1. The second kappa shape index (κ2) is 9.70. The van der Waals surface area contributed by atoms with Crippen LogP contribution in [0.4, 0.5) is 0 Å². The molecule has 138 valence electrons. The molecule has 1 saturated heterocycles. The monoisotopic (exact) mass is 377 g/mol. The van der Waals surface area contributed by atoms with Crippen molar-refractivity contribution >= 4 is 22.6 Å². The zero-order valence-corrected chi connectivity index (χ0v) is 16.0. The first kappa shape index (κ1) is 21.3. The molecule has 1 heterocycles. The van der Waals surface area contributed by atoms with E-state index in [1.54, 1.807) is 7.11 Å². The van der Waals surface area contributed by atoms with Gasteiger partial charge in [-0.2, -0.15) is 12.7 Å². The lowest BCUT2D eigenvalue weighted by Gasteiger charge is -2.30. The topological polar surface area (TPSA) is 70.7 Å². The fraction of sp³-hybridized carbons (Fsp3) is 0.625. The van der Waals surface area contributed by atoms with Gasteiger partial charge in [-0.3, -0.25) is 0 Å². The highest BCUT2D eigenvalue weighted by Crippen LogP contribution is 2.19. The van der Waals surface area contributed by atoms with Gasteiger partial charge in [0.1, 0.15) is 0 Å². The van der Waals surface area contributed by atoms with Gasteiger partial charge in [0.05, 0.1) is 12.1 Å². The second-order valence-corrected chi connectivity index (χ2v) is 7.74. The number of hydrogen-bond acceptors (Lipinski definition) is 4. The molecule has 24 heavy (non-hydrogen) atoms. The van der Waals surface area contributed by atoms with Crippen molar-refractivity contribution in [2.24, 2.45) is 0 Å². The molecule has 0 saturated carbocycles. The maximum Gasteiger partial charge on any atom is 0.279 e. The van der Waals surface area contributed by atoms with Gasteiger partial charge in [0.25, 0.3) is 10.2 Å². The van der Waals surface area contributed by atoms with Crippen LogP contribution in [0, 0.1) is 0 Å². The van der Waals surface area contributed by atoms with Crippen molar-refractivity contribution in [1.82, 2.24) is 14.3 Å². The maximum atomic E-state index is 12.6. The van der Waals surface area contributed by atoms with Crippen molar-refractivity contribution in [2.45, 2.75) is 31.8 Å². The molecule has 8 heteroatoms. The normalized spacial score (nSPS) is 21.0. The van der Waals surface area contributed by atoms with Gasteiger partial charge in [0, 0.05) is 26.7 Å². The van der Waals surface area contributed by atoms with Crippen molar-refractivity contribution in [3.63, 3.8) is 0 Å². The highest BCUT2D eigenvalue weighted by atomic mass is 35.5. The van der Waals surface area contributed by atoms with E-state index in [9.17, 15) is 8.42 Å². The molecular weight excluding hydrogens is 350 g/mol. The van der Waals surface area contributed by atoms with Gasteiger partial charge in [-0.15, -0.1) is 12.4 Å². The van der Waals surface area contributed by atoms with Crippen molar-refractivity contribution in [1.29, 1.82) is 0 Å². The largest absolute Gasteiger partial charge is 0.383 e. The van der Waals surface area contributed by atoms with E-state index in [1.165, 1.54) is 4.31 Å². The summed E-state index contributed by atoms with van der Waals surface area (Å²) in [6.45, 7) is 4.38. The lowest BCUT2D eigenvalue weighted by molar-refractivity contribution is 0.122. The van der Waals surface area contributed by atoms with Gasteiger partial charge < -0.3 is 10.1 Å². The molecule has 1 aromatic carbocycles. The SMILES string of the molecule is CCN(Cc1ccccc1)S(=O)(=O)NCC1(COC)CCCN1.Cl. The van der Waals surface area contributed by atoms with Crippen molar-refractivity contribution < 1.29 is 13.2 Å². The van der Waals surface area contributed by atoms with Gasteiger partial charge in [-0.05, 0) is 24.9 Å². The van der Waals surface area contributed by atoms with Crippen LogP contribution in [0.1, 0.15) is 25.3 Å². The molecule has 1 fully saturated rings. The Hall–Kier alpha value is -0.700. The molecule has 2 N–H and O–H groups in total. The molecule has 1 unspecified atom stereocenters. The summed E-state index contributed by atoms with van der Waals surface area (Å²) >= 11 is 0. The summed E-state index contributed by atoms with van der Waals surface area (Å²) in [5.41, 5.74) is 0.680. The summed E-state index contributed by atoms with van der Waals surface area (Å²) < 4.78 is 34.7. The molecule has 2 rings (SSSR count). The predicted octanol–water partition coefficient (Wildman–Crippen LogP) is 1.53. The lowest BCUT2D eigenvalue weighted by Crippen LogP contribution is -2.54. The third-order valence-electron chi connectivity index (χ3n) is 4.24. The molecule has 0 amide bonds. The molecule has 6 nitrogen and oxygen atoms in total. The first-order valence-corrected chi connectivity index (χ1v) is 9.48. The van der Waals surface area contributed by atoms with Gasteiger partial charge in [0.2, 0.25) is 0 Å². The summed E-state index contributed by atoms with van der Waals surface area (Å²) in [4.78, 5) is 0. The molecule has 0 bridgehead atoms. The number of ether oxygens (including phenoxy) is 1. The average molecular weight is 378 g/mol. The van der Waals surface area contributed by atoms with Gasteiger partial charge in [0.15, 0.2) is 0 Å². The molecule has 1 aliphatic heterocycles. The van der Waals surface area contributed by atoms with E-state index in [0.717, 1.165) is 24.9 Å². The highest BCUT2D eigenvalue weighted by Gasteiger charge is 2.35. The Morgan fingerprint density at radius 3 is 2.58 bits per heavy atom. The van der Waals surface area contributed by atoms with Crippen LogP contribution < -0.4 is 10.0 Å². The van der Waals surface area contributed by atoms with E-state index in [4.69, 9.17) is 4.74 Å². The van der Waals surface area contributed by atoms with Crippen LogP contribution in [0.2, 0.25) is 0 Å². The molecule has 0 radical (unpaired) electrons. The van der Waals surface area contributed by atoms with Gasteiger partial charge in [-0.1, -0.05) is 37.3 Å². The molecule has 1 atom stereocenters. The fourth-order valence-electron chi connectivity index (χ4n) is 2.94. The summed E-state index contributed by atoms with van der Waals surface area (Å²) in [5.74, 6) is 0. The van der Waals surface area contributed by atoms with E-state index < -0.39 is 10.2 Å². The zero-order valence-electron chi connectivity index (χ0n) is 14.3. The summed E-state index contributed by atoms with van der Waals surface area (Å²) in [6, 6.07) is 9.62. The van der Waals surface area contributed by atoms with Crippen molar-refractivity contribution in [3.8, 4) is 0 Å². The maximum absolute atomic E-state index is 12.6. The lowest BCUT2D eigenvalue weighted by atomic mass is 9.99. The average Bonchev–Trinajstić information content (AvgIpc) is 3.01. The molecule has 1 aromatic rings. The summed E-state index contributed by atoms with van der Waals surface area (Å²) in [5, 5.41) is 3.38. The van der Waals surface area contributed by atoms with E-state index in [0.29, 0.717) is 26.2 Å². The number of benzene rings is 1. The summed E-state index contributed by atoms with van der Waals surface area (Å²) in [7, 11) is -1.88. The first-order chi connectivity index (χ1) is 11.0. The van der Waals surface area contributed by atoms with E-state index >= 15 is 0 Å². The number of hydrogen-bond donors (Lipinski definition) is 2. The zero-order chi connectivity index (χ0) is 16.8. The van der Waals surface area contributed by atoms with Crippen LogP contribution in [0.3, 0.4) is 0 Å². The van der Waals surface area contributed by atoms with Crippen LogP contribution in [-0.2, 0) is 21.5 Å². The third-order valence-corrected chi connectivity index (χ3v) is 5.82. The molecule has 0 spiro atoms. The molecular formula is C16H28ClN3O3S.